The number of anilines is 1. The van der Waals surface area contributed by atoms with Gasteiger partial charge in [-0.25, -0.2) is 9.82 Å². The average Bonchev–Trinajstić information content (AvgIpc) is 2.73. The van der Waals surface area contributed by atoms with Gasteiger partial charge in [-0.2, -0.15) is 0 Å². The minimum Gasteiger partial charge on any atom is -0.487 e. The molecule has 2 aliphatic rings. The number of nitrogens with one attached hydrogen (secondary N) is 2. The average molecular weight is 419 g/mol. The molecule has 1 saturated heterocycles. The number of carbonyl (C=O) groups excluding carboxylic acids is 1. The molecule has 1 aromatic heterocycles. The Hall–Kier alpha value is -2.69. The topological polar surface area (TPSA) is 99.1 Å². The highest BCUT2D eigenvalue weighted by molar-refractivity contribution is 5.99. The van der Waals surface area contributed by atoms with E-state index in [0.717, 1.165) is 13.1 Å². The number of aromatic nitrogens is 1. The predicted molar refractivity (Wildman–Crippen MR) is 111 cm³/mol. The lowest BCUT2D eigenvalue weighted by atomic mass is 10.0. The fourth-order valence-corrected chi connectivity index (χ4v) is 3.96. The van der Waals surface area contributed by atoms with E-state index in [2.05, 4.69) is 15.8 Å². The van der Waals surface area contributed by atoms with Gasteiger partial charge in [-0.3, -0.25) is 15.0 Å². The molecule has 0 radical (unpaired) electrons. The van der Waals surface area contributed by atoms with Crippen LogP contribution in [-0.2, 0) is 0 Å². The molecule has 162 valence electrons. The number of likely N-dealkylation sites (N-methyl/N-ethyl adjacent to an activating group) is 1. The van der Waals surface area contributed by atoms with Gasteiger partial charge in [0.25, 0.3) is 5.91 Å². The summed E-state index contributed by atoms with van der Waals surface area (Å²) in [5.74, 6) is -0.811. The van der Waals surface area contributed by atoms with Crippen molar-refractivity contribution in [1.82, 2.24) is 20.3 Å². The van der Waals surface area contributed by atoms with Gasteiger partial charge in [-0.1, -0.05) is 0 Å². The molecule has 1 amide bonds. The summed E-state index contributed by atoms with van der Waals surface area (Å²) >= 11 is 0. The van der Waals surface area contributed by atoms with E-state index in [0.29, 0.717) is 36.6 Å². The van der Waals surface area contributed by atoms with Crippen molar-refractivity contribution in [2.45, 2.75) is 13.0 Å². The maximum atomic E-state index is 15.2. The predicted octanol–water partition coefficient (Wildman–Crippen LogP) is 0.0725. The van der Waals surface area contributed by atoms with E-state index in [1.807, 2.05) is 23.4 Å². The molecule has 9 nitrogen and oxygen atoms in total. The maximum absolute atomic E-state index is 15.2. The quantitative estimate of drug-likeness (QED) is 0.466. The molecule has 1 fully saturated rings. The first kappa shape index (κ1) is 20.6. The van der Waals surface area contributed by atoms with Crippen LogP contribution < -0.4 is 25.9 Å². The van der Waals surface area contributed by atoms with Crippen LogP contribution in [0.25, 0.3) is 10.9 Å². The Kier molecular flexibility index (Phi) is 5.63. The number of aliphatic hydroxyl groups excluding tert-OH is 1. The largest absolute Gasteiger partial charge is 0.487 e. The minimum atomic E-state index is -0.636. The first-order chi connectivity index (χ1) is 14.4. The van der Waals surface area contributed by atoms with Gasteiger partial charge in [-0.05, 0) is 20.0 Å². The third kappa shape index (κ3) is 3.51. The molecule has 0 aliphatic carbocycles. The highest BCUT2D eigenvalue weighted by Gasteiger charge is 2.31. The highest BCUT2D eigenvalue weighted by Crippen LogP contribution is 2.42. The second-order valence-corrected chi connectivity index (χ2v) is 7.77. The molecule has 10 heteroatoms. The van der Waals surface area contributed by atoms with E-state index >= 15 is 4.39 Å². The molecule has 30 heavy (non-hydrogen) atoms. The Bertz CT molecular complexity index is 1030. The van der Waals surface area contributed by atoms with Gasteiger partial charge in [0.2, 0.25) is 5.43 Å². The van der Waals surface area contributed by atoms with Crippen LogP contribution in [0.2, 0.25) is 0 Å². The van der Waals surface area contributed by atoms with Gasteiger partial charge < -0.3 is 24.2 Å². The lowest BCUT2D eigenvalue weighted by Gasteiger charge is -2.37. The molecule has 3 N–H and O–H groups in total. The molecule has 0 bridgehead atoms. The molecule has 2 aliphatic heterocycles. The molecule has 1 atom stereocenters. The molecular formula is C20H26FN5O4. The molecule has 0 unspecified atom stereocenters. The van der Waals surface area contributed by atoms with Crippen LogP contribution in [0.15, 0.2) is 17.1 Å². The summed E-state index contributed by atoms with van der Waals surface area (Å²) in [6.07, 6.45) is 1.50. The summed E-state index contributed by atoms with van der Waals surface area (Å²) in [4.78, 5) is 29.7. The Labute approximate surface area is 173 Å². The smallest absolute Gasteiger partial charge is 0.270 e. The Morgan fingerprint density at radius 3 is 2.77 bits per heavy atom. The highest BCUT2D eigenvalue weighted by atomic mass is 19.1. The van der Waals surface area contributed by atoms with Gasteiger partial charge >= 0.3 is 0 Å². The zero-order valence-electron chi connectivity index (χ0n) is 17.1. The minimum absolute atomic E-state index is 0.0978. The first-order valence-electron chi connectivity index (χ1n) is 10.0. The number of halogens is 1. The SMILES string of the molecule is C[C@H]1COc2c(N3CCN(C)CC3)c(F)cc3c(=O)c(C(=O)NNCCO)cn1c23. The van der Waals surface area contributed by atoms with Crippen LogP contribution in [0.3, 0.4) is 0 Å². The number of nitrogens with zero attached hydrogens (tertiary/aromatic N) is 3. The van der Waals surface area contributed by atoms with Crippen LogP contribution in [0, 0.1) is 5.82 Å². The first-order valence-corrected chi connectivity index (χ1v) is 10.0. The van der Waals surface area contributed by atoms with Crippen molar-refractivity contribution < 1.29 is 19.0 Å². The summed E-state index contributed by atoms with van der Waals surface area (Å²) < 4.78 is 23.0. The normalized spacial score (nSPS) is 19.1. The van der Waals surface area contributed by atoms with Gasteiger partial charge in [0, 0.05) is 38.9 Å². The fraction of sp³-hybridized carbons (Fsp3) is 0.500. The zero-order valence-corrected chi connectivity index (χ0v) is 17.1. The molecular weight excluding hydrogens is 393 g/mol. The van der Waals surface area contributed by atoms with Gasteiger partial charge in [-0.15, -0.1) is 0 Å². The van der Waals surface area contributed by atoms with Crippen LogP contribution in [0.5, 0.6) is 5.75 Å². The Morgan fingerprint density at radius 1 is 1.33 bits per heavy atom. The fourth-order valence-electron chi connectivity index (χ4n) is 3.96. The van der Waals surface area contributed by atoms with Gasteiger partial charge in [0.1, 0.15) is 17.9 Å². The summed E-state index contributed by atoms with van der Waals surface area (Å²) in [5, 5.41) is 8.95. The third-order valence-electron chi connectivity index (χ3n) is 5.64. The Morgan fingerprint density at radius 2 is 2.07 bits per heavy atom. The zero-order chi connectivity index (χ0) is 21.4. The van der Waals surface area contributed by atoms with Gasteiger partial charge in [0.05, 0.1) is 23.6 Å². The van der Waals surface area contributed by atoms with E-state index in [-0.39, 0.29) is 30.1 Å². The number of pyridine rings is 1. The number of carbonyl (C=O) groups is 1. The molecule has 3 heterocycles. The van der Waals surface area contributed by atoms with Crippen molar-refractivity contribution in [3.63, 3.8) is 0 Å². The van der Waals surface area contributed by atoms with Crippen LogP contribution >= 0.6 is 0 Å². The van der Waals surface area contributed by atoms with E-state index in [1.54, 1.807) is 0 Å². The molecule has 4 rings (SSSR count). The standard InChI is InChI=1S/C20H26FN5O4/c1-12-11-30-19-16-13(9-15(21)17(19)25-6-4-24(2)5-7-25)18(28)14(10-26(12)16)20(29)23-22-3-8-27/h9-10,12,22,27H,3-8,11H2,1-2H3,(H,23,29)/t12-/m0/s1. The summed E-state index contributed by atoms with van der Waals surface area (Å²) in [5.41, 5.74) is 5.15. The second-order valence-electron chi connectivity index (χ2n) is 7.77. The third-order valence-corrected chi connectivity index (χ3v) is 5.64. The monoisotopic (exact) mass is 419 g/mol. The number of amides is 1. The van der Waals surface area contributed by atoms with Crippen LogP contribution in [-0.4, -0.2) is 73.5 Å². The maximum Gasteiger partial charge on any atom is 0.270 e. The van der Waals surface area contributed by atoms with Crippen LogP contribution in [0.4, 0.5) is 10.1 Å². The summed E-state index contributed by atoms with van der Waals surface area (Å²) in [6.45, 7) is 5.12. The van der Waals surface area contributed by atoms with Crippen molar-refractivity contribution in [3.05, 3.63) is 33.9 Å². The van der Waals surface area contributed by atoms with E-state index in [1.165, 1.54) is 12.3 Å². The van der Waals surface area contributed by atoms with Crippen molar-refractivity contribution in [3.8, 4) is 5.75 Å². The van der Waals surface area contributed by atoms with Crippen LogP contribution in [0.1, 0.15) is 23.3 Å². The molecule has 0 saturated carbocycles. The van der Waals surface area contributed by atoms with Crippen molar-refractivity contribution in [2.24, 2.45) is 0 Å². The number of aliphatic hydroxyl groups is 1. The number of benzene rings is 1. The van der Waals surface area contributed by atoms with E-state index in [9.17, 15) is 9.59 Å². The summed E-state index contributed by atoms with van der Waals surface area (Å²) in [7, 11) is 2.02. The van der Waals surface area contributed by atoms with E-state index < -0.39 is 17.2 Å². The van der Waals surface area contributed by atoms with Crippen molar-refractivity contribution in [1.29, 1.82) is 0 Å². The molecule has 2 aromatic rings. The number of hydrogen-bond acceptors (Lipinski definition) is 7. The number of piperazine rings is 1. The number of rotatable bonds is 5. The molecule has 0 spiro atoms. The Balaban J connectivity index is 1.85. The number of ether oxygens (including phenoxy) is 1. The summed E-state index contributed by atoms with van der Waals surface area (Å²) in [6, 6.07) is 1.08. The molecule has 1 aromatic carbocycles. The number of hydrogen-bond donors (Lipinski definition) is 3. The van der Waals surface area contributed by atoms with Crippen molar-refractivity contribution in [2.75, 3.05) is 57.9 Å². The van der Waals surface area contributed by atoms with Crippen molar-refractivity contribution >= 4 is 22.5 Å². The van der Waals surface area contributed by atoms with Gasteiger partial charge in [0.15, 0.2) is 11.6 Å². The van der Waals surface area contributed by atoms with E-state index in [4.69, 9.17) is 9.84 Å². The number of hydrazine groups is 1. The second kappa shape index (κ2) is 8.21. The lowest BCUT2D eigenvalue weighted by molar-refractivity contribution is 0.0928. The lowest BCUT2D eigenvalue weighted by Crippen LogP contribution is -2.45.